The summed E-state index contributed by atoms with van der Waals surface area (Å²) in [7, 11) is 0. The predicted octanol–water partition coefficient (Wildman–Crippen LogP) is 4.15. The van der Waals surface area contributed by atoms with Crippen LogP contribution < -0.4 is 0 Å². The van der Waals surface area contributed by atoms with Crippen molar-refractivity contribution in [3.8, 4) is 11.4 Å². The summed E-state index contributed by atoms with van der Waals surface area (Å²) in [4.78, 5) is 9.45. The number of hydrogen-bond acceptors (Lipinski definition) is 3. The zero-order valence-electron chi connectivity index (χ0n) is 8.52. The Kier molecular flexibility index (Phi) is 2.53. The summed E-state index contributed by atoms with van der Waals surface area (Å²) in [5, 5.41) is 3.19. The third-order valence-electron chi connectivity index (χ3n) is 2.38. The summed E-state index contributed by atoms with van der Waals surface area (Å²) >= 11 is 7.57. The molecule has 0 bridgehead atoms. The molecule has 0 aliphatic rings. The van der Waals surface area contributed by atoms with E-state index in [4.69, 9.17) is 11.6 Å². The molecule has 0 fully saturated rings. The molecule has 17 heavy (non-hydrogen) atoms. The van der Waals surface area contributed by atoms with Crippen molar-refractivity contribution < 1.29 is 4.39 Å². The molecule has 2 heterocycles. The zero-order chi connectivity index (χ0) is 11.8. The van der Waals surface area contributed by atoms with Gasteiger partial charge in [-0.15, -0.1) is 11.3 Å². The number of rotatable bonds is 1. The van der Waals surface area contributed by atoms with E-state index >= 15 is 0 Å². The van der Waals surface area contributed by atoms with Gasteiger partial charge in [-0.2, -0.15) is 0 Å². The number of fused-ring (bicyclic) bond motifs is 1. The number of benzene rings is 1. The molecule has 0 aliphatic carbocycles. The molecular weight excluding hydrogens is 259 g/mol. The highest BCUT2D eigenvalue weighted by atomic mass is 35.5. The smallest absolute Gasteiger partial charge is 0.162 e. The first-order valence-corrected chi connectivity index (χ1v) is 6.16. The van der Waals surface area contributed by atoms with Crippen molar-refractivity contribution in [2.75, 3.05) is 0 Å². The summed E-state index contributed by atoms with van der Waals surface area (Å²) in [6.07, 6.45) is 0. The fourth-order valence-electron chi connectivity index (χ4n) is 1.55. The summed E-state index contributed by atoms with van der Waals surface area (Å²) in [5.74, 6) is 0.238. The highest BCUT2D eigenvalue weighted by Crippen LogP contribution is 2.28. The van der Waals surface area contributed by atoms with Crippen LogP contribution in [0.3, 0.4) is 0 Å². The molecule has 5 heteroatoms. The van der Waals surface area contributed by atoms with Crippen LogP contribution in [0.1, 0.15) is 0 Å². The fraction of sp³-hybridized carbons (Fsp3) is 0. The van der Waals surface area contributed by atoms with Crippen LogP contribution in [0.4, 0.5) is 4.39 Å². The Morgan fingerprint density at radius 2 is 1.82 bits per heavy atom. The summed E-state index contributed by atoms with van der Waals surface area (Å²) in [6, 6.07) is 7.92. The maximum absolute atomic E-state index is 12.8. The van der Waals surface area contributed by atoms with Gasteiger partial charge in [-0.1, -0.05) is 11.6 Å². The third kappa shape index (κ3) is 1.90. The third-order valence-corrected chi connectivity index (χ3v) is 3.48. The van der Waals surface area contributed by atoms with Crippen LogP contribution in [0.2, 0.25) is 5.15 Å². The van der Waals surface area contributed by atoms with Gasteiger partial charge >= 0.3 is 0 Å². The number of thiophene rings is 1. The largest absolute Gasteiger partial charge is 0.217 e. The molecule has 2 nitrogen and oxygen atoms in total. The molecule has 0 unspecified atom stereocenters. The maximum Gasteiger partial charge on any atom is 0.162 e. The Hall–Kier alpha value is -1.52. The van der Waals surface area contributed by atoms with Crippen LogP contribution in [-0.4, -0.2) is 9.97 Å². The van der Waals surface area contributed by atoms with Gasteiger partial charge in [0.05, 0.1) is 0 Å². The van der Waals surface area contributed by atoms with E-state index in [0.29, 0.717) is 11.0 Å². The van der Waals surface area contributed by atoms with Crippen molar-refractivity contribution in [3.05, 3.63) is 46.7 Å². The molecular formula is C12H6ClFN2S. The molecule has 3 aromatic rings. The SMILES string of the molecule is Fc1ccc(-c2nc(Cl)c3ccsc3n2)cc1. The average Bonchev–Trinajstić information content (AvgIpc) is 2.78. The Morgan fingerprint density at radius 1 is 1.06 bits per heavy atom. The fourth-order valence-corrected chi connectivity index (χ4v) is 2.60. The number of aromatic nitrogens is 2. The van der Waals surface area contributed by atoms with E-state index in [0.717, 1.165) is 15.8 Å². The van der Waals surface area contributed by atoms with E-state index in [1.54, 1.807) is 12.1 Å². The van der Waals surface area contributed by atoms with Crippen LogP contribution in [0.25, 0.3) is 21.6 Å². The first kappa shape index (κ1) is 10.6. The molecule has 0 N–H and O–H groups in total. The average molecular weight is 265 g/mol. The summed E-state index contributed by atoms with van der Waals surface area (Å²) in [5.41, 5.74) is 0.753. The van der Waals surface area contributed by atoms with E-state index in [2.05, 4.69) is 9.97 Å². The van der Waals surface area contributed by atoms with Gasteiger partial charge in [0.1, 0.15) is 15.8 Å². The Labute approximate surface area is 106 Å². The van der Waals surface area contributed by atoms with Crippen molar-refractivity contribution in [1.82, 2.24) is 9.97 Å². The zero-order valence-corrected chi connectivity index (χ0v) is 10.1. The Morgan fingerprint density at radius 3 is 2.59 bits per heavy atom. The molecule has 0 spiro atoms. The van der Waals surface area contributed by atoms with E-state index in [1.807, 2.05) is 11.4 Å². The van der Waals surface area contributed by atoms with Crippen molar-refractivity contribution in [1.29, 1.82) is 0 Å². The minimum Gasteiger partial charge on any atom is -0.217 e. The van der Waals surface area contributed by atoms with Gasteiger partial charge in [0.2, 0.25) is 0 Å². The van der Waals surface area contributed by atoms with Gasteiger partial charge in [0.25, 0.3) is 0 Å². The second-order valence-corrected chi connectivity index (χ2v) is 4.74. The topological polar surface area (TPSA) is 25.8 Å². The lowest BCUT2D eigenvalue weighted by Crippen LogP contribution is -1.89. The molecule has 1 aromatic carbocycles. The number of halogens is 2. The molecule has 0 aliphatic heterocycles. The van der Waals surface area contributed by atoms with Crippen molar-refractivity contribution in [2.24, 2.45) is 0 Å². The van der Waals surface area contributed by atoms with Crippen LogP contribution in [-0.2, 0) is 0 Å². The molecule has 0 saturated carbocycles. The molecule has 3 rings (SSSR count). The van der Waals surface area contributed by atoms with E-state index in [1.165, 1.54) is 23.5 Å². The Balaban J connectivity index is 2.20. The number of nitrogens with zero attached hydrogens (tertiary/aromatic N) is 2. The van der Waals surface area contributed by atoms with Crippen molar-refractivity contribution in [3.63, 3.8) is 0 Å². The van der Waals surface area contributed by atoms with E-state index < -0.39 is 0 Å². The van der Waals surface area contributed by atoms with Gasteiger partial charge in [-0.05, 0) is 35.7 Å². The predicted molar refractivity (Wildman–Crippen MR) is 67.8 cm³/mol. The van der Waals surface area contributed by atoms with Crippen LogP contribution in [0, 0.1) is 5.82 Å². The monoisotopic (exact) mass is 264 g/mol. The second kappa shape index (κ2) is 4.05. The van der Waals surface area contributed by atoms with Gasteiger partial charge in [0, 0.05) is 10.9 Å². The van der Waals surface area contributed by atoms with Crippen LogP contribution in [0.15, 0.2) is 35.7 Å². The lowest BCUT2D eigenvalue weighted by Gasteiger charge is -2.01. The molecule has 0 amide bonds. The Bertz CT molecular complexity index is 679. The van der Waals surface area contributed by atoms with Crippen molar-refractivity contribution >= 4 is 33.2 Å². The van der Waals surface area contributed by atoms with Gasteiger partial charge in [-0.25, -0.2) is 14.4 Å². The molecule has 0 saturated heterocycles. The minimum atomic E-state index is -0.281. The lowest BCUT2D eigenvalue weighted by molar-refractivity contribution is 0.628. The van der Waals surface area contributed by atoms with Gasteiger partial charge in [-0.3, -0.25) is 0 Å². The van der Waals surface area contributed by atoms with Crippen LogP contribution in [0.5, 0.6) is 0 Å². The number of hydrogen-bond donors (Lipinski definition) is 0. The van der Waals surface area contributed by atoms with E-state index in [9.17, 15) is 4.39 Å². The normalized spacial score (nSPS) is 10.9. The van der Waals surface area contributed by atoms with Gasteiger partial charge in [0.15, 0.2) is 5.82 Å². The molecule has 0 atom stereocenters. The summed E-state index contributed by atoms with van der Waals surface area (Å²) in [6.45, 7) is 0. The highest BCUT2D eigenvalue weighted by molar-refractivity contribution is 7.16. The molecule has 2 aromatic heterocycles. The summed E-state index contributed by atoms with van der Waals surface area (Å²) < 4.78 is 12.8. The minimum absolute atomic E-state index is 0.281. The second-order valence-electron chi connectivity index (χ2n) is 3.48. The first-order chi connectivity index (χ1) is 8.24. The van der Waals surface area contributed by atoms with Crippen LogP contribution >= 0.6 is 22.9 Å². The van der Waals surface area contributed by atoms with Gasteiger partial charge < -0.3 is 0 Å². The van der Waals surface area contributed by atoms with E-state index in [-0.39, 0.29) is 5.82 Å². The molecule has 84 valence electrons. The first-order valence-electron chi connectivity index (χ1n) is 4.91. The highest BCUT2D eigenvalue weighted by Gasteiger charge is 2.08. The standard InChI is InChI=1S/C12H6ClFN2S/c13-10-9-5-6-17-12(9)16-11(15-10)7-1-3-8(14)4-2-7/h1-6H. The molecule has 0 radical (unpaired) electrons. The van der Waals surface area contributed by atoms with Crippen molar-refractivity contribution in [2.45, 2.75) is 0 Å². The lowest BCUT2D eigenvalue weighted by atomic mass is 10.2. The maximum atomic E-state index is 12.8. The quantitative estimate of drug-likeness (QED) is 0.617.